The quantitative estimate of drug-likeness (QED) is 0.725. The van der Waals surface area contributed by atoms with E-state index in [2.05, 4.69) is 0 Å². The summed E-state index contributed by atoms with van der Waals surface area (Å²) in [6, 6.07) is 3.62. The summed E-state index contributed by atoms with van der Waals surface area (Å²) in [5.74, 6) is 0. The fourth-order valence-corrected chi connectivity index (χ4v) is 2.44. The largest absolute Gasteiger partial charge is 0.422 e. The topological polar surface area (TPSA) is 32.9 Å². The van der Waals surface area contributed by atoms with Crippen LogP contribution in [-0.2, 0) is 6.18 Å². The summed E-state index contributed by atoms with van der Waals surface area (Å²) in [5, 5.41) is 0.0116. The van der Waals surface area contributed by atoms with Crippen LogP contribution in [0.15, 0.2) is 29.2 Å². The Morgan fingerprint density at radius 2 is 1.70 bits per heavy atom. The monoisotopic (exact) mass is 341 g/mol. The van der Waals surface area contributed by atoms with Gasteiger partial charge in [0.05, 0.1) is 10.0 Å². The fraction of sp³-hybridized carbons (Fsp3) is 0.0833. The number of hydrogen-bond acceptors (Lipinski definition) is 1. The van der Waals surface area contributed by atoms with E-state index in [0.29, 0.717) is 0 Å². The Labute approximate surface area is 126 Å². The predicted octanol–water partition coefficient (Wildman–Crippen LogP) is 5.02. The van der Waals surface area contributed by atoms with Crippen LogP contribution in [0.2, 0.25) is 15.1 Å². The molecule has 20 heavy (non-hydrogen) atoms. The standard InChI is InChI=1S/C12H5Cl3F3NO/c13-5-3-7(10(15)8(14)4-5)6-1-2-19-11(20)9(6)12(16,17)18/h1-4H,(H,19,20). The van der Waals surface area contributed by atoms with E-state index < -0.39 is 17.3 Å². The van der Waals surface area contributed by atoms with Crippen molar-refractivity contribution in [3.8, 4) is 11.1 Å². The van der Waals surface area contributed by atoms with E-state index in [4.69, 9.17) is 34.8 Å². The molecule has 0 fully saturated rings. The molecule has 0 saturated carbocycles. The molecule has 0 amide bonds. The van der Waals surface area contributed by atoms with Crippen LogP contribution < -0.4 is 5.56 Å². The van der Waals surface area contributed by atoms with Crippen LogP contribution in [0, 0.1) is 0 Å². The van der Waals surface area contributed by atoms with Crippen molar-refractivity contribution in [2.45, 2.75) is 6.18 Å². The zero-order valence-corrected chi connectivity index (χ0v) is 11.8. The molecule has 2 nitrogen and oxygen atoms in total. The van der Waals surface area contributed by atoms with Crippen molar-refractivity contribution in [2.75, 3.05) is 0 Å². The molecule has 1 N–H and O–H groups in total. The summed E-state index contributed by atoms with van der Waals surface area (Å²) in [6.45, 7) is 0. The van der Waals surface area contributed by atoms with E-state index in [1.54, 1.807) is 0 Å². The first-order valence-electron chi connectivity index (χ1n) is 5.15. The van der Waals surface area contributed by atoms with Crippen molar-refractivity contribution in [1.82, 2.24) is 4.98 Å². The fourth-order valence-electron chi connectivity index (χ4n) is 1.74. The van der Waals surface area contributed by atoms with Crippen molar-refractivity contribution in [3.63, 3.8) is 0 Å². The summed E-state index contributed by atoms with van der Waals surface area (Å²) in [6.07, 6.45) is -3.74. The Morgan fingerprint density at radius 3 is 2.30 bits per heavy atom. The molecular formula is C12H5Cl3F3NO. The van der Waals surface area contributed by atoms with Gasteiger partial charge in [-0.15, -0.1) is 0 Å². The number of hydrogen-bond donors (Lipinski definition) is 1. The molecule has 0 unspecified atom stereocenters. The molecule has 0 aliphatic heterocycles. The summed E-state index contributed by atoms with van der Waals surface area (Å²) in [5.41, 5.74) is -3.04. The number of nitrogens with one attached hydrogen (secondary N) is 1. The molecule has 2 rings (SSSR count). The van der Waals surface area contributed by atoms with E-state index in [1.165, 1.54) is 12.1 Å². The van der Waals surface area contributed by atoms with E-state index in [9.17, 15) is 18.0 Å². The Morgan fingerprint density at radius 1 is 1.05 bits per heavy atom. The van der Waals surface area contributed by atoms with Crippen LogP contribution in [0.5, 0.6) is 0 Å². The molecule has 0 atom stereocenters. The third-order valence-electron chi connectivity index (χ3n) is 2.53. The third-order valence-corrected chi connectivity index (χ3v) is 3.55. The molecule has 0 aliphatic rings. The molecule has 8 heteroatoms. The van der Waals surface area contributed by atoms with Crippen LogP contribution in [0.4, 0.5) is 13.2 Å². The van der Waals surface area contributed by atoms with Crippen LogP contribution in [0.25, 0.3) is 11.1 Å². The highest BCUT2D eigenvalue weighted by Crippen LogP contribution is 2.40. The molecule has 106 valence electrons. The maximum absolute atomic E-state index is 13.0. The summed E-state index contributed by atoms with van der Waals surface area (Å²) >= 11 is 17.5. The molecule has 1 aromatic carbocycles. The van der Waals surface area contributed by atoms with Crippen LogP contribution in [0.1, 0.15) is 5.56 Å². The second-order valence-electron chi connectivity index (χ2n) is 3.84. The maximum atomic E-state index is 13.0. The van der Waals surface area contributed by atoms with Crippen molar-refractivity contribution in [3.05, 3.63) is 55.4 Å². The zero-order chi connectivity index (χ0) is 15.1. The highest BCUT2D eigenvalue weighted by atomic mass is 35.5. The first kappa shape index (κ1) is 15.2. The number of aromatic nitrogens is 1. The number of halogens is 6. The number of pyridine rings is 1. The number of alkyl halides is 3. The van der Waals surface area contributed by atoms with Crippen molar-refractivity contribution < 1.29 is 13.2 Å². The molecule has 0 aliphatic carbocycles. The van der Waals surface area contributed by atoms with Gasteiger partial charge in [0, 0.05) is 22.3 Å². The van der Waals surface area contributed by atoms with Gasteiger partial charge in [0.15, 0.2) is 0 Å². The van der Waals surface area contributed by atoms with Gasteiger partial charge in [-0.3, -0.25) is 4.79 Å². The van der Waals surface area contributed by atoms with E-state index in [1.807, 2.05) is 4.98 Å². The van der Waals surface area contributed by atoms with Gasteiger partial charge in [-0.2, -0.15) is 13.2 Å². The second-order valence-corrected chi connectivity index (χ2v) is 5.06. The highest BCUT2D eigenvalue weighted by Gasteiger charge is 2.37. The smallest absolute Gasteiger partial charge is 0.329 e. The van der Waals surface area contributed by atoms with E-state index >= 15 is 0 Å². The highest BCUT2D eigenvalue weighted by molar-refractivity contribution is 6.45. The van der Waals surface area contributed by atoms with Gasteiger partial charge in [0.1, 0.15) is 5.56 Å². The second kappa shape index (κ2) is 5.31. The lowest BCUT2D eigenvalue weighted by Gasteiger charge is -2.13. The zero-order valence-electron chi connectivity index (χ0n) is 9.49. The molecule has 0 saturated heterocycles. The first-order chi connectivity index (χ1) is 9.21. The summed E-state index contributed by atoms with van der Waals surface area (Å²) < 4.78 is 39.0. The minimum absolute atomic E-state index is 0.00238. The normalized spacial score (nSPS) is 11.7. The Hall–Kier alpha value is -1.17. The number of H-pyrrole nitrogens is 1. The van der Waals surface area contributed by atoms with Crippen LogP contribution >= 0.6 is 34.8 Å². The lowest BCUT2D eigenvalue weighted by atomic mass is 10.0. The van der Waals surface area contributed by atoms with Crippen LogP contribution in [0.3, 0.4) is 0 Å². The lowest BCUT2D eigenvalue weighted by Crippen LogP contribution is -2.22. The maximum Gasteiger partial charge on any atom is 0.422 e. The number of benzene rings is 1. The molecule has 1 heterocycles. The van der Waals surface area contributed by atoms with Crippen molar-refractivity contribution in [1.29, 1.82) is 0 Å². The average molecular weight is 343 g/mol. The van der Waals surface area contributed by atoms with E-state index in [-0.39, 0.29) is 26.2 Å². The Kier molecular flexibility index (Phi) is 4.04. The Balaban J connectivity index is 2.85. The molecule has 1 aromatic heterocycles. The van der Waals surface area contributed by atoms with E-state index in [0.717, 1.165) is 12.3 Å². The molecule has 0 bridgehead atoms. The first-order valence-corrected chi connectivity index (χ1v) is 6.29. The van der Waals surface area contributed by atoms with Gasteiger partial charge in [-0.1, -0.05) is 34.8 Å². The third kappa shape index (κ3) is 2.80. The van der Waals surface area contributed by atoms with Gasteiger partial charge in [-0.25, -0.2) is 0 Å². The molecule has 0 spiro atoms. The minimum Gasteiger partial charge on any atom is -0.329 e. The van der Waals surface area contributed by atoms with Gasteiger partial charge < -0.3 is 4.98 Å². The summed E-state index contributed by atoms with van der Waals surface area (Å²) in [4.78, 5) is 13.4. The predicted molar refractivity (Wildman–Crippen MR) is 72.5 cm³/mol. The van der Waals surface area contributed by atoms with Gasteiger partial charge in [0.25, 0.3) is 5.56 Å². The molecule has 2 aromatic rings. The van der Waals surface area contributed by atoms with Gasteiger partial charge in [-0.05, 0) is 18.2 Å². The SMILES string of the molecule is O=c1[nH]ccc(-c2cc(Cl)cc(Cl)c2Cl)c1C(F)(F)F. The average Bonchev–Trinajstić information content (AvgIpc) is 2.31. The van der Waals surface area contributed by atoms with Gasteiger partial charge in [0.2, 0.25) is 0 Å². The summed E-state index contributed by atoms with van der Waals surface area (Å²) in [7, 11) is 0. The number of rotatable bonds is 1. The molecular weight excluding hydrogens is 337 g/mol. The number of aromatic amines is 1. The lowest BCUT2D eigenvalue weighted by molar-refractivity contribution is -0.138. The van der Waals surface area contributed by atoms with Gasteiger partial charge >= 0.3 is 6.18 Å². The Bertz CT molecular complexity index is 725. The molecule has 0 radical (unpaired) electrons. The van der Waals surface area contributed by atoms with Crippen molar-refractivity contribution in [2.24, 2.45) is 0 Å². The minimum atomic E-state index is -4.83. The van der Waals surface area contributed by atoms with Crippen LogP contribution in [-0.4, -0.2) is 4.98 Å². The van der Waals surface area contributed by atoms with Crippen molar-refractivity contribution >= 4 is 34.8 Å².